The SMILES string of the molecule is CCC(Sc1nc2scc(-c3ccc4c(c3)CCCC4)c2c(=O)[nH]1)C(=O)OC. The number of aromatic nitrogens is 2. The number of thiophene rings is 1. The lowest BCUT2D eigenvalue weighted by atomic mass is 9.89. The molecule has 0 aliphatic heterocycles. The summed E-state index contributed by atoms with van der Waals surface area (Å²) in [5.74, 6) is -0.309. The number of thioether (sulfide) groups is 1. The van der Waals surface area contributed by atoms with Crippen molar-refractivity contribution in [3.63, 3.8) is 0 Å². The summed E-state index contributed by atoms with van der Waals surface area (Å²) in [5, 5.41) is 2.69. The molecule has 7 heteroatoms. The number of nitrogens with zero attached hydrogens (tertiary/aromatic N) is 1. The van der Waals surface area contributed by atoms with Crippen molar-refractivity contribution in [2.75, 3.05) is 7.11 Å². The molecule has 1 aromatic carbocycles. The number of carbonyl (C=O) groups excluding carboxylic acids is 1. The Bertz CT molecular complexity index is 1090. The van der Waals surface area contributed by atoms with Crippen LogP contribution in [0.25, 0.3) is 21.3 Å². The van der Waals surface area contributed by atoms with Crippen LogP contribution in [0.1, 0.15) is 37.3 Å². The molecule has 2 aromatic heterocycles. The average molecular weight is 415 g/mol. The summed E-state index contributed by atoms with van der Waals surface area (Å²) >= 11 is 2.70. The quantitative estimate of drug-likeness (QED) is 0.376. The third-order valence-electron chi connectivity index (χ3n) is 5.17. The van der Waals surface area contributed by atoms with Crippen LogP contribution in [-0.2, 0) is 22.4 Å². The molecule has 1 atom stereocenters. The molecule has 0 saturated carbocycles. The van der Waals surface area contributed by atoms with Gasteiger partial charge in [-0.15, -0.1) is 11.3 Å². The van der Waals surface area contributed by atoms with Crippen molar-refractivity contribution in [3.8, 4) is 11.1 Å². The molecule has 5 nitrogen and oxygen atoms in total. The maximum Gasteiger partial charge on any atom is 0.319 e. The summed E-state index contributed by atoms with van der Waals surface area (Å²) in [7, 11) is 1.37. The third-order valence-corrected chi connectivity index (χ3v) is 7.27. The number of H-pyrrole nitrogens is 1. The van der Waals surface area contributed by atoms with Gasteiger partial charge >= 0.3 is 5.97 Å². The number of hydrogen-bond donors (Lipinski definition) is 1. The highest BCUT2D eigenvalue weighted by atomic mass is 32.2. The Hall–Kier alpha value is -2.12. The van der Waals surface area contributed by atoms with E-state index in [1.54, 1.807) is 0 Å². The van der Waals surface area contributed by atoms with Gasteiger partial charge in [-0.05, 0) is 48.8 Å². The smallest absolute Gasteiger partial charge is 0.319 e. The van der Waals surface area contributed by atoms with E-state index < -0.39 is 0 Å². The minimum absolute atomic E-state index is 0.166. The normalized spacial score (nSPS) is 14.6. The zero-order valence-corrected chi connectivity index (χ0v) is 17.5. The zero-order chi connectivity index (χ0) is 19.7. The van der Waals surface area contributed by atoms with Crippen LogP contribution >= 0.6 is 23.1 Å². The van der Waals surface area contributed by atoms with E-state index in [0.717, 1.165) is 24.0 Å². The number of ether oxygens (including phenoxy) is 1. The number of rotatable bonds is 5. The molecule has 1 aliphatic rings. The second-order valence-electron chi connectivity index (χ2n) is 6.93. The number of methoxy groups -OCH3 is 1. The number of nitrogens with one attached hydrogen (secondary N) is 1. The topological polar surface area (TPSA) is 72.0 Å². The molecule has 0 saturated heterocycles. The molecular formula is C21H22N2O3S2. The van der Waals surface area contributed by atoms with Gasteiger partial charge in [0, 0.05) is 10.9 Å². The van der Waals surface area contributed by atoms with E-state index in [4.69, 9.17) is 4.74 Å². The Morgan fingerprint density at radius 1 is 1.32 bits per heavy atom. The van der Waals surface area contributed by atoms with Gasteiger partial charge in [-0.1, -0.05) is 36.9 Å². The van der Waals surface area contributed by atoms with Gasteiger partial charge in [0.05, 0.1) is 12.5 Å². The van der Waals surface area contributed by atoms with E-state index in [2.05, 4.69) is 28.2 Å². The highest BCUT2D eigenvalue weighted by molar-refractivity contribution is 8.00. The van der Waals surface area contributed by atoms with Crippen LogP contribution in [0.15, 0.2) is 33.5 Å². The number of aromatic amines is 1. The predicted octanol–water partition coefficient (Wildman–Crippen LogP) is 4.57. The fourth-order valence-electron chi connectivity index (χ4n) is 3.66. The third kappa shape index (κ3) is 3.61. The molecule has 1 N–H and O–H groups in total. The number of carbonyl (C=O) groups is 1. The van der Waals surface area contributed by atoms with Gasteiger partial charge in [-0.2, -0.15) is 0 Å². The first-order valence-corrected chi connectivity index (χ1v) is 11.2. The number of esters is 1. The van der Waals surface area contributed by atoms with Gasteiger partial charge in [-0.25, -0.2) is 4.98 Å². The molecule has 0 spiro atoms. The van der Waals surface area contributed by atoms with Crippen molar-refractivity contribution >= 4 is 39.3 Å². The van der Waals surface area contributed by atoms with Gasteiger partial charge in [0.1, 0.15) is 10.1 Å². The lowest BCUT2D eigenvalue weighted by molar-refractivity contribution is -0.140. The van der Waals surface area contributed by atoms with E-state index >= 15 is 0 Å². The summed E-state index contributed by atoms with van der Waals surface area (Å²) < 4.78 is 4.82. The predicted molar refractivity (Wildman–Crippen MR) is 114 cm³/mol. The standard InChI is InChI=1S/C21H22N2O3S2/c1-3-16(20(25)26-2)28-21-22-18(24)17-15(11-27-19(17)23-21)14-9-8-12-6-4-5-7-13(12)10-14/h8-11,16H,3-7H2,1-2H3,(H,22,23,24). The summed E-state index contributed by atoms with van der Waals surface area (Å²) in [6.07, 6.45) is 5.32. The van der Waals surface area contributed by atoms with Crippen LogP contribution in [0.3, 0.4) is 0 Å². The second-order valence-corrected chi connectivity index (χ2v) is 8.98. The minimum atomic E-state index is -0.384. The molecule has 4 rings (SSSR count). The van der Waals surface area contributed by atoms with E-state index in [0.29, 0.717) is 21.8 Å². The van der Waals surface area contributed by atoms with Crippen LogP contribution in [0.4, 0.5) is 0 Å². The first-order valence-electron chi connectivity index (χ1n) is 9.49. The van der Waals surface area contributed by atoms with Crippen molar-refractivity contribution in [3.05, 3.63) is 45.1 Å². The van der Waals surface area contributed by atoms with Crippen molar-refractivity contribution in [2.45, 2.75) is 49.4 Å². The molecule has 0 amide bonds. The lowest BCUT2D eigenvalue weighted by Gasteiger charge is -2.16. The Morgan fingerprint density at radius 2 is 2.11 bits per heavy atom. The average Bonchev–Trinajstić information content (AvgIpc) is 3.15. The Balaban J connectivity index is 1.71. The minimum Gasteiger partial charge on any atom is -0.468 e. The molecule has 1 aliphatic carbocycles. The monoisotopic (exact) mass is 414 g/mol. The zero-order valence-electron chi connectivity index (χ0n) is 15.9. The van der Waals surface area contributed by atoms with Crippen LogP contribution < -0.4 is 5.56 Å². The Labute approximate surface area is 171 Å². The van der Waals surface area contributed by atoms with Crippen molar-refractivity contribution in [1.29, 1.82) is 0 Å². The van der Waals surface area contributed by atoms with Crippen LogP contribution in [0.5, 0.6) is 0 Å². The van der Waals surface area contributed by atoms with Gasteiger partial charge in [-0.3, -0.25) is 9.59 Å². The molecule has 28 heavy (non-hydrogen) atoms. The van der Waals surface area contributed by atoms with Crippen molar-refractivity contribution in [1.82, 2.24) is 9.97 Å². The Morgan fingerprint density at radius 3 is 2.86 bits per heavy atom. The Kier molecular flexibility index (Phi) is 5.55. The van der Waals surface area contributed by atoms with E-state index in [-0.39, 0.29) is 16.8 Å². The number of benzene rings is 1. The van der Waals surface area contributed by atoms with Gasteiger partial charge in [0.25, 0.3) is 5.56 Å². The van der Waals surface area contributed by atoms with Gasteiger partial charge in [0.15, 0.2) is 5.16 Å². The lowest BCUT2D eigenvalue weighted by Crippen LogP contribution is -2.19. The molecule has 2 heterocycles. The maximum absolute atomic E-state index is 12.8. The largest absolute Gasteiger partial charge is 0.468 e. The van der Waals surface area contributed by atoms with Gasteiger partial charge < -0.3 is 9.72 Å². The second kappa shape index (κ2) is 8.09. The summed E-state index contributed by atoms with van der Waals surface area (Å²) in [5.41, 5.74) is 4.65. The molecule has 3 aromatic rings. The van der Waals surface area contributed by atoms with Gasteiger partial charge in [0.2, 0.25) is 0 Å². The summed E-state index contributed by atoms with van der Waals surface area (Å²) in [6.45, 7) is 1.91. The summed E-state index contributed by atoms with van der Waals surface area (Å²) in [4.78, 5) is 32.8. The molecule has 0 radical (unpaired) electrons. The fraction of sp³-hybridized carbons (Fsp3) is 0.381. The first kappa shape index (κ1) is 19.2. The molecule has 1 unspecified atom stereocenters. The highest BCUT2D eigenvalue weighted by Crippen LogP contribution is 2.34. The molecular weight excluding hydrogens is 392 g/mol. The van der Waals surface area contributed by atoms with Crippen LogP contribution in [0, 0.1) is 0 Å². The number of fused-ring (bicyclic) bond motifs is 2. The van der Waals surface area contributed by atoms with Crippen LogP contribution in [0.2, 0.25) is 0 Å². The van der Waals surface area contributed by atoms with Crippen LogP contribution in [-0.4, -0.2) is 28.3 Å². The van der Waals surface area contributed by atoms with Crippen molar-refractivity contribution < 1.29 is 9.53 Å². The number of aryl methyl sites for hydroxylation is 2. The van der Waals surface area contributed by atoms with Crippen molar-refractivity contribution in [2.24, 2.45) is 0 Å². The van der Waals surface area contributed by atoms with E-state index in [1.807, 2.05) is 12.3 Å². The highest BCUT2D eigenvalue weighted by Gasteiger charge is 2.21. The first-order chi connectivity index (χ1) is 13.6. The number of hydrogen-bond acceptors (Lipinski definition) is 6. The maximum atomic E-state index is 12.8. The molecule has 146 valence electrons. The molecule has 0 bridgehead atoms. The van der Waals surface area contributed by atoms with E-state index in [1.165, 1.54) is 54.2 Å². The van der Waals surface area contributed by atoms with E-state index in [9.17, 15) is 9.59 Å². The molecule has 0 fully saturated rings. The fourth-order valence-corrected chi connectivity index (χ4v) is 5.59. The summed E-state index contributed by atoms with van der Waals surface area (Å²) in [6, 6.07) is 6.53.